The number of carbonyl (C=O) groups excluding carboxylic acids is 1. The van der Waals surface area contributed by atoms with E-state index in [-0.39, 0.29) is 5.97 Å². The highest BCUT2D eigenvalue weighted by Gasteiger charge is 2.19. The smallest absolute Gasteiger partial charge is 0.340 e. The summed E-state index contributed by atoms with van der Waals surface area (Å²) in [6.07, 6.45) is 1.94. The van der Waals surface area contributed by atoms with Gasteiger partial charge in [-0.3, -0.25) is 0 Å². The lowest BCUT2D eigenvalue weighted by molar-refractivity contribution is 0.0601. The van der Waals surface area contributed by atoms with Crippen LogP contribution >= 0.6 is 0 Å². The summed E-state index contributed by atoms with van der Waals surface area (Å²) in [6.45, 7) is 13.9. The molecule has 0 aliphatic rings. The van der Waals surface area contributed by atoms with E-state index >= 15 is 0 Å². The van der Waals surface area contributed by atoms with E-state index in [0.717, 1.165) is 16.8 Å². The Kier molecular flexibility index (Phi) is 13.8. The van der Waals surface area contributed by atoms with Crippen LogP contribution in [-0.2, 0) is 11.8 Å². The van der Waals surface area contributed by atoms with Gasteiger partial charge < -0.3 is 9.30 Å². The van der Waals surface area contributed by atoms with Crippen LogP contribution in [0.2, 0.25) is 0 Å². The van der Waals surface area contributed by atoms with Crippen LogP contribution in [0.3, 0.4) is 0 Å². The molecule has 0 saturated heterocycles. The van der Waals surface area contributed by atoms with Crippen LogP contribution < -0.4 is 0 Å². The van der Waals surface area contributed by atoms with Crippen LogP contribution in [-0.4, -0.2) is 17.6 Å². The van der Waals surface area contributed by atoms with Crippen LogP contribution in [0.4, 0.5) is 0 Å². The van der Waals surface area contributed by atoms with E-state index in [2.05, 4.69) is 0 Å². The van der Waals surface area contributed by atoms with Crippen molar-refractivity contribution in [3.63, 3.8) is 0 Å². The lowest BCUT2D eigenvalue weighted by atomic mass is 10.1. The topological polar surface area (TPSA) is 31.2 Å². The number of hydrogen-bond acceptors (Lipinski definition) is 2. The number of methoxy groups -OCH3 is 1. The predicted molar refractivity (Wildman–Crippen MR) is 101 cm³/mol. The Bertz CT molecular complexity index is 542. The summed E-state index contributed by atoms with van der Waals surface area (Å²) in [7, 11) is 3.34. The second-order valence-corrected chi connectivity index (χ2v) is 4.00. The molecule has 2 aromatic rings. The number of esters is 1. The van der Waals surface area contributed by atoms with E-state index in [1.165, 1.54) is 7.11 Å². The summed E-state index contributed by atoms with van der Waals surface area (Å²) in [6, 6.07) is 9.84. The van der Waals surface area contributed by atoms with Crippen molar-refractivity contribution in [2.24, 2.45) is 7.05 Å². The molecule has 1 heterocycles. The third-order valence-corrected chi connectivity index (χ3v) is 2.81. The second-order valence-electron chi connectivity index (χ2n) is 4.00. The minimum Gasteiger partial charge on any atom is -0.465 e. The van der Waals surface area contributed by atoms with Gasteiger partial charge in [0, 0.05) is 13.2 Å². The number of ether oxygens (including phenoxy) is 1. The average molecular weight is 319 g/mol. The molecular weight excluding hydrogens is 286 g/mol. The quantitative estimate of drug-likeness (QED) is 0.649. The van der Waals surface area contributed by atoms with Gasteiger partial charge >= 0.3 is 5.97 Å². The predicted octanol–water partition coefficient (Wildman–Crippen LogP) is 5.87. The van der Waals surface area contributed by atoms with Crippen molar-refractivity contribution in [1.82, 2.24) is 4.57 Å². The SMILES string of the molecule is CC.CC.CC.COC(=O)c1c(C)cn(C)c1-c1ccccc1. The zero-order chi connectivity index (χ0) is 18.4. The molecule has 0 atom stereocenters. The summed E-state index contributed by atoms with van der Waals surface area (Å²) in [5.41, 5.74) is 3.48. The molecule has 3 heteroatoms. The number of aromatic nitrogens is 1. The Hall–Kier alpha value is -2.03. The van der Waals surface area contributed by atoms with Crippen LogP contribution in [0, 0.1) is 6.92 Å². The highest BCUT2D eigenvalue weighted by atomic mass is 16.5. The Morgan fingerprint density at radius 2 is 1.43 bits per heavy atom. The molecule has 3 nitrogen and oxygen atoms in total. The number of nitrogens with zero attached hydrogens (tertiary/aromatic N) is 1. The molecule has 0 unspecified atom stereocenters. The molecule has 0 aliphatic heterocycles. The van der Waals surface area contributed by atoms with E-state index in [4.69, 9.17) is 4.74 Å². The Morgan fingerprint density at radius 1 is 0.957 bits per heavy atom. The maximum Gasteiger partial charge on any atom is 0.340 e. The normalized spacial score (nSPS) is 8.39. The van der Waals surface area contributed by atoms with Crippen LogP contribution in [0.25, 0.3) is 11.3 Å². The molecule has 0 saturated carbocycles. The van der Waals surface area contributed by atoms with Crippen molar-refractivity contribution in [3.8, 4) is 11.3 Å². The highest BCUT2D eigenvalue weighted by Crippen LogP contribution is 2.27. The third kappa shape index (κ3) is 6.31. The summed E-state index contributed by atoms with van der Waals surface area (Å²) in [4.78, 5) is 11.8. The molecule has 0 bridgehead atoms. The van der Waals surface area contributed by atoms with Gasteiger partial charge in [-0.05, 0) is 18.1 Å². The van der Waals surface area contributed by atoms with Gasteiger partial charge in [-0.25, -0.2) is 4.79 Å². The summed E-state index contributed by atoms with van der Waals surface area (Å²) in [5.74, 6) is -0.290. The average Bonchev–Trinajstić information content (AvgIpc) is 2.94. The van der Waals surface area contributed by atoms with Crippen molar-refractivity contribution < 1.29 is 9.53 Å². The summed E-state index contributed by atoms with van der Waals surface area (Å²) >= 11 is 0. The lowest BCUT2D eigenvalue weighted by Gasteiger charge is -2.07. The van der Waals surface area contributed by atoms with Gasteiger partial charge in [0.1, 0.15) is 0 Å². The van der Waals surface area contributed by atoms with Crippen molar-refractivity contribution in [2.75, 3.05) is 7.11 Å². The molecule has 130 valence electrons. The lowest BCUT2D eigenvalue weighted by Crippen LogP contribution is -2.04. The largest absolute Gasteiger partial charge is 0.465 e. The maximum atomic E-state index is 11.8. The molecule has 0 spiro atoms. The Labute approximate surface area is 142 Å². The van der Waals surface area contributed by atoms with Crippen LogP contribution in [0.5, 0.6) is 0 Å². The molecule has 0 fully saturated rings. The monoisotopic (exact) mass is 319 g/mol. The van der Waals surface area contributed by atoms with E-state index in [0.29, 0.717) is 5.56 Å². The van der Waals surface area contributed by atoms with E-state index in [1.54, 1.807) is 0 Å². The molecule has 1 aromatic carbocycles. The van der Waals surface area contributed by atoms with Gasteiger partial charge in [0.25, 0.3) is 0 Å². The second kappa shape index (κ2) is 13.6. The van der Waals surface area contributed by atoms with Gasteiger partial charge in [0.15, 0.2) is 0 Å². The van der Waals surface area contributed by atoms with Gasteiger partial charge in [-0.1, -0.05) is 71.9 Å². The summed E-state index contributed by atoms with van der Waals surface area (Å²) in [5, 5.41) is 0. The molecule has 23 heavy (non-hydrogen) atoms. The van der Waals surface area contributed by atoms with Gasteiger partial charge in [-0.2, -0.15) is 0 Å². The first kappa shape index (κ1) is 23.2. The maximum absolute atomic E-state index is 11.8. The van der Waals surface area contributed by atoms with Crippen LogP contribution in [0.1, 0.15) is 57.5 Å². The molecular formula is C20H33NO2. The minimum atomic E-state index is -0.290. The number of benzene rings is 1. The number of carbonyl (C=O) groups is 1. The fourth-order valence-electron chi connectivity index (χ4n) is 2.09. The minimum absolute atomic E-state index is 0.290. The van der Waals surface area contributed by atoms with Crippen LogP contribution in [0.15, 0.2) is 36.5 Å². The van der Waals surface area contributed by atoms with Crippen molar-refractivity contribution in [2.45, 2.75) is 48.5 Å². The fourth-order valence-corrected chi connectivity index (χ4v) is 2.09. The zero-order valence-corrected chi connectivity index (χ0v) is 16.2. The molecule has 0 aliphatic carbocycles. The molecule has 0 amide bonds. The standard InChI is InChI=1S/C14H15NO2.3C2H6/c1-10-9-15(2)13(12(10)14(16)17-3)11-7-5-4-6-8-11;3*1-2/h4-9H,1-3H3;3*1-2H3. The number of rotatable bonds is 2. The van der Waals surface area contributed by atoms with Gasteiger partial charge in [-0.15, -0.1) is 0 Å². The molecule has 1 aromatic heterocycles. The molecule has 2 rings (SSSR count). The Balaban J connectivity index is 0. The first-order valence-electron chi connectivity index (χ1n) is 8.44. The third-order valence-electron chi connectivity index (χ3n) is 2.81. The Morgan fingerprint density at radius 3 is 1.87 bits per heavy atom. The van der Waals surface area contributed by atoms with Gasteiger partial charge in [0.05, 0.1) is 18.4 Å². The van der Waals surface area contributed by atoms with E-state index in [9.17, 15) is 4.79 Å². The molecule has 0 radical (unpaired) electrons. The number of aryl methyl sites for hydroxylation is 2. The number of hydrogen-bond donors (Lipinski definition) is 0. The highest BCUT2D eigenvalue weighted by molar-refractivity contribution is 5.98. The molecule has 0 N–H and O–H groups in total. The van der Waals surface area contributed by atoms with E-state index < -0.39 is 0 Å². The first-order chi connectivity index (χ1) is 11.1. The zero-order valence-electron chi connectivity index (χ0n) is 16.2. The van der Waals surface area contributed by atoms with Crippen molar-refractivity contribution in [3.05, 3.63) is 47.7 Å². The van der Waals surface area contributed by atoms with E-state index in [1.807, 2.05) is 96.6 Å². The van der Waals surface area contributed by atoms with Crippen molar-refractivity contribution in [1.29, 1.82) is 0 Å². The summed E-state index contributed by atoms with van der Waals surface area (Å²) < 4.78 is 6.80. The van der Waals surface area contributed by atoms with Gasteiger partial charge in [0.2, 0.25) is 0 Å². The fraction of sp³-hybridized carbons (Fsp3) is 0.450. The first-order valence-corrected chi connectivity index (χ1v) is 8.44. The van der Waals surface area contributed by atoms with Crippen molar-refractivity contribution >= 4 is 5.97 Å².